The highest BCUT2D eigenvalue weighted by Crippen LogP contribution is 2.69. The zero-order chi connectivity index (χ0) is 36.9. The summed E-state index contributed by atoms with van der Waals surface area (Å²) in [6.07, 6.45) is 10.3. The van der Waals surface area contributed by atoms with Gasteiger partial charge in [0.1, 0.15) is 55.3 Å². The maximum Gasteiger partial charge on any atom is 0.362 e. The lowest BCUT2D eigenvalue weighted by Gasteiger charge is -2.63. The molecular formula is C42H54BrNO10. The van der Waals surface area contributed by atoms with Crippen molar-refractivity contribution in [3.8, 4) is 0 Å². The van der Waals surface area contributed by atoms with Crippen LogP contribution in [0.2, 0.25) is 0 Å². The van der Waals surface area contributed by atoms with Crippen LogP contribution >= 0.6 is 0 Å². The van der Waals surface area contributed by atoms with Gasteiger partial charge in [-0.25, -0.2) is 9.59 Å². The Morgan fingerprint density at radius 2 is 1.70 bits per heavy atom. The number of hydrogen-bond acceptors (Lipinski definition) is 10. The molecule has 1 aromatic carbocycles. The Balaban J connectivity index is 0.00000413. The molecule has 0 amide bonds. The molecule has 13 atom stereocenters. The van der Waals surface area contributed by atoms with E-state index in [1.54, 1.807) is 6.08 Å². The topological polar surface area (TPSA) is 149 Å². The van der Waals surface area contributed by atoms with Gasteiger partial charge in [-0.15, -0.1) is 0 Å². The molecule has 0 spiro atoms. The van der Waals surface area contributed by atoms with Gasteiger partial charge >= 0.3 is 17.9 Å². The molecule has 2 bridgehead atoms. The van der Waals surface area contributed by atoms with Crippen molar-refractivity contribution in [2.24, 2.45) is 34.5 Å². The van der Waals surface area contributed by atoms with Crippen LogP contribution in [0, 0.1) is 34.5 Å². The van der Waals surface area contributed by atoms with E-state index in [-0.39, 0.29) is 108 Å². The van der Waals surface area contributed by atoms with Crippen molar-refractivity contribution in [1.82, 2.24) is 0 Å². The molecule has 13 unspecified atom stereocenters. The standard InChI is InChI=1S/C42H54NO10.BrH/c1-40-13-11-31-32(42(40,49)15-12-30(40)25-16-35(46)50-22-25)9-8-26-17-27(10-14-41(26,31)23-45)51-36(47)20-43(2)33-18-28(19-34(43)38-37(33)53-38)52-39(48)29(21-44)24-6-4-3-5-7-24;/h3-7,16,23,26-34,37-38,44,49H,8-15,17-22H2,1-2H3;1H/q+1;/p-1. The average Bonchev–Trinajstić information content (AvgIpc) is 3.69. The van der Waals surface area contributed by atoms with Crippen LogP contribution in [-0.4, -0.2) is 108 Å². The number of cyclic esters (lactones) is 1. The first kappa shape index (κ1) is 38.2. The number of aliphatic hydroxyl groups excluding tert-OH is 1. The van der Waals surface area contributed by atoms with Crippen LogP contribution in [0.15, 0.2) is 42.0 Å². The lowest BCUT2D eigenvalue weighted by atomic mass is 9.43. The normalized spacial score (nSPS) is 45.9. The lowest BCUT2D eigenvalue weighted by Crippen LogP contribution is -3.00. The van der Waals surface area contributed by atoms with Gasteiger partial charge in [0, 0.05) is 29.7 Å². The van der Waals surface area contributed by atoms with Gasteiger partial charge in [0.2, 0.25) is 0 Å². The molecule has 4 saturated carbocycles. The summed E-state index contributed by atoms with van der Waals surface area (Å²) >= 11 is 0. The Kier molecular flexibility index (Phi) is 9.76. The zero-order valence-corrected chi connectivity index (χ0v) is 32.9. The number of piperidine rings is 1. The number of likely N-dealkylation sites (N-methyl/N-ethyl adjacent to an activating group) is 1. The second kappa shape index (κ2) is 13.8. The summed E-state index contributed by atoms with van der Waals surface area (Å²) in [5.41, 5.74) is -0.0540. The van der Waals surface area contributed by atoms with E-state index in [1.807, 2.05) is 30.3 Å². The monoisotopic (exact) mass is 811 g/mol. The van der Waals surface area contributed by atoms with Crippen molar-refractivity contribution in [2.45, 2.75) is 126 Å². The summed E-state index contributed by atoms with van der Waals surface area (Å²) in [5, 5.41) is 22.5. The van der Waals surface area contributed by atoms with Gasteiger partial charge in [-0.1, -0.05) is 37.3 Å². The summed E-state index contributed by atoms with van der Waals surface area (Å²) in [4.78, 5) is 52.0. The molecule has 9 rings (SSSR count). The van der Waals surface area contributed by atoms with Crippen LogP contribution in [0.5, 0.6) is 0 Å². The Hall–Kier alpha value is -2.64. The van der Waals surface area contributed by atoms with E-state index < -0.39 is 22.9 Å². The number of esters is 3. The van der Waals surface area contributed by atoms with E-state index in [1.165, 1.54) is 6.29 Å². The maximum atomic E-state index is 13.7. The molecule has 1 aromatic rings. The Labute approximate surface area is 327 Å². The van der Waals surface area contributed by atoms with Crippen LogP contribution in [0.4, 0.5) is 0 Å². The molecule has 4 heterocycles. The van der Waals surface area contributed by atoms with E-state index in [4.69, 9.17) is 18.9 Å². The molecule has 8 aliphatic rings. The molecule has 4 aliphatic carbocycles. The number of halogens is 1. The third-order valence-corrected chi connectivity index (χ3v) is 16.3. The number of epoxide rings is 1. The molecule has 3 saturated heterocycles. The van der Waals surface area contributed by atoms with Crippen molar-refractivity contribution in [3.05, 3.63) is 47.5 Å². The van der Waals surface area contributed by atoms with Gasteiger partial charge in [-0.2, -0.15) is 0 Å². The summed E-state index contributed by atoms with van der Waals surface area (Å²) in [6.45, 7) is 2.41. The molecule has 4 aliphatic heterocycles. The van der Waals surface area contributed by atoms with Crippen molar-refractivity contribution in [3.63, 3.8) is 0 Å². The summed E-state index contributed by atoms with van der Waals surface area (Å²) < 4.78 is 24.1. The number of fused-ring (bicyclic) bond motifs is 10. The van der Waals surface area contributed by atoms with Crippen LogP contribution in [-0.2, 0) is 38.1 Å². The number of aliphatic hydroxyl groups is 2. The first-order valence-corrected chi connectivity index (χ1v) is 20.1. The predicted octanol–water partition coefficient (Wildman–Crippen LogP) is 0.785. The summed E-state index contributed by atoms with van der Waals surface area (Å²) in [6, 6.07) is 9.21. The molecule has 2 N–H and O–H groups in total. The predicted molar refractivity (Wildman–Crippen MR) is 189 cm³/mol. The second-order valence-electron chi connectivity index (χ2n) is 18.3. The fourth-order valence-corrected chi connectivity index (χ4v) is 13.5. The summed E-state index contributed by atoms with van der Waals surface area (Å²) in [7, 11) is 2.10. The first-order valence-electron chi connectivity index (χ1n) is 20.1. The first-order chi connectivity index (χ1) is 25.4. The molecule has 11 nitrogen and oxygen atoms in total. The van der Waals surface area contributed by atoms with Crippen LogP contribution in [0.3, 0.4) is 0 Å². The third kappa shape index (κ3) is 5.70. The number of carbonyl (C=O) groups excluding carboxylic acids is 4. The Morgan fingerprint density at radius 3 is 2.37 bits per heavy atom. The number of nitrogens with zero attached hydrogens (tertiary/aromatic N) is 1. The highest BCUT2D eigenvalue weighted by molar-refractivity contribution is 5.85. The molecular weight excluding hydrogens is 758 g/mol. The number of aldehydes is 1. The quantitative estimate of drug-likeness (QED) is 0.121. The highest BCUT2D eigenvalue weighted by Gasteiger charge is 2.73. The van der Waals surface area contributed by atoms with Gasteiger partial charge in [0.05, 0.1) is 19.3 Å². The van der Waals surface area contributed by atoms with Gasteiger partial charge < -0.3 is 55.4 Å². The van der Waals surface area contributed by atoms with Crippen LogP contribution in [0.1, 0.15) is 89.0 Å². The minimum absolute atomic E-state index is 0. The third-order valence-electron chi connectivity index (χ3n) is 16.3. The largest absolute Gasteiger partial charge is 1.00 e. The van der Waals surface area contributed by atoms with Crippen LogP contribution < -0.4 is 17.0 Å². The minimum atomic E-state index is -0.895. The number of ether oxygens (including phenoxy) is 4. The fraction of sp³-hybridized carbons (Fsp3) is 0.714. The number of carbonyl (C=O) groups is 4. The smallest absolute Gasteiger partial charge is 0.362 e. The molecule has 0 radical (unpaired) electrons. The van der Waals surface area contributed by atoms with Gasteiger partial charge in [0.25, 0.3) is 0 Å². The maximum absolute atomic E-state index is 13.7. The Bertz CT molecular complexity index is 1690. The highest BCUT2D eigenvalue weighted by atomic mass is 79.9. The van der Waals surface area contributed by atoms with Crippen LogP contribution in [0.25, 0.3) is 0 Å². The van der Waals surface area contributed by atoms with Gasteiger partial charge in [0.15, 0.2) is 6.54 Å². The Morgan fingerprint density at radius 1 is 0.963 bits per heavy atom. The fourth-order valence-electron chi connectivity index (χ4n) is 13.5. The van der Waals surface area contributed by atoms with Gasteiger partial charge in [-0.3, -0.25) is 4.79 Å². The number of hydrogen-bond donors (Lipinski definition) is 2. The zero-order valence-electron chi connectivity index (χ0n) is 31.3. The van der Waals surface area contributed by atoms with E-state index in [2.05, 4.69) is 14.0 Å². The van der Waals surface area contributed by atoms with Crippen molar-refractivity contribution < 1.29 is 69.8 Å². The average molecular weight is 813 g/mol. The second-order valence-corrected chi connectivity index (χ2v) is 18.3. The number of benzene rings is 1. The number of morpholine rings is 1. The van der Waals surface area contributed by atoms with E-state index in [0.29, 0.717) is 49.6 Å². The number of rotatable bonds is 9. The molecule has 7 fully saturated rings. The summed E-state index contributed by atoms with van der Waals surface area (Å²) in [5.74, 6) is -1.36. The molecule has 54 heavy (non-hydrogen) atoms. The molecule has 0 aromatic heterocycles. The van der Waals surface area contributed by atoms with Crippen molar-refractivity contribution in [1.29, 1.82) is 0 Å². The molecule has 294 valence electrons. The lowest BCUT2D eigenvalue weighted by molar-refractivity contribution is -0.949. The van der Waals surface area contributed by atoms with Gasteiger partial charge in [-0.05, 0) is 92.6 Å². The number of quaternary nitrogens is 1. The molecule has 12 heteroatoms. The minimum Gasteiger partial charge on any atom is -1.00 e. The van der Waals surface area contributed by atoms with E-state index >= 15 is 0 Å². The SMILES string of the molecule is CC12CCC3C(CCC4CC(OC(=O)C[N+]5(C)C6CC(OC(=O)C(CO)c7ccccc7)CC5C5OC56)CCC43C=O)C1(O)CCC2C1=CC(=O)OC1.[Br-]. The van der Waals surface area contributed by atoms with Crippen molar-refractivity contribution >= 4 is 24.2 Å². The van der Waals surface area contributed by atoms with E-state index in [0.717, 1.165) is 43.2 Å². The van der Waals surface area contributed by atoms with Crippen molar-refractivity contribution in [2.75, 3.05) is 26.8 Å². The van der Waals surface area contributed by atoms with E-state index in [9.17, 15) is 29.4 Å².